The Morgan fingerprint density at radius 2 is 2.11 bits per heavy atom. The first kappa shape index (κ1) is 13.7. The van der Waals surface area contributed by atoms with E-state index in [0.717, 1.165) is 18.7 Å². The number of hydrogen-bond donors (Lipinski definition) is 1. The van der Waals surface area contributed by atoms with Crippen molar-refractivity contribution in [2.24, 2.45) is 0 Å². The molecular weight excluding hydrogens is 353 g/mol. The molecule has 0 radical (unpaired) electrons. The van der Waals surface area contributed by atoms with Gasteiger partial charge in [-0.25, -0.2) is 8.78 Å². The maximum absolute atomic E-state index is 13.2. The van der Waals surface area contributed by atoms with E-state index in [9.17, 15) is 13.6 Å². The van der Waals surface area contributed by atoms with Crippen LogP contribution < -0.4 is 5.32 Å². The van der Waals surface area contributed by atoms with Gasteiger partial charge >= 0.3 is 0 Å². The third-order valence-corrected chi connectivity index (χ3v) is 3.90. The van der Waals surface area contributed by atoms with Crippen molar-refractivity contribution in [3.8, 4) is 0 Å². The molecule has 0 aliphatic carbocycles. The number of rotatable bonds is 1. The highest BCUT2D eigenvalue weighted by atomic mass is 127. The van der Waals surface area contributed by atoms with Crippen LogP contribution in [-0.2, 0) is 0 Å². The third kappa shape index (κ3) is 2.64. The van der Waals surface area contributed by atoms with Crippen LogP contribution in [0.15, 0.2) is 12.1 Å². The second-order valence-electron chi connectivity index (χ2n) is 4.30. The molecule has 0 aromatic heterocycles. The van der Waals surface area contributed by atoms with Crippen LogP contribution in [-0.4, -0.2) is 36.5 Å². The van der Waals surface area contributed by atoms with Crippen molar-refractivity contribution in [1.29, 1.82) is 0 Å². The topological polar surface area (TPSA) is 32.3 Å². The second-order valence-corrected chi connectivity index (χ2v) is 5.46. The molecule has 1 aliphatic heterocycles. The predicted octanol–water partition coefficient (Wildman–Crippen LogP) is 2.00. The number of amides is 1. The molecule has 0 spiro atoms. The fraction of sp³-hybridized carbons (Fsp3) is 0.417. The molecule has 1 amide bonds. The molecule has 18 heavy (non-hydrogen) atoms. The fourth-order valence-electron chi connectivity index (χ4n) is 1.98. The molecule has 1 N–H and O–H groups in total. The predicted molar refractivity (Wildman–Crippen MR) is 72.4 cm³/mol. The van der Waals surface area contributed by atoms with Crippen molar-refractivity contribution in [1.82, 2.24) is 10.2 Å². The molecule has 1 atom stereocenters. The quantitative estimate of drug-likeness (QED) is 0.609. The Morgan fingerprint density at radius 3 is 2.78 bits per heavy atom. The zero-order valence-corrected chi connectivity index (χ0v) is 12.0. The molecule has 0 bridgehead atoms. The maximum atomic E-state index is 13.2. The summed E-state index contributed by atoms with van der Waals surface area (Å²) in [6.45, 7) is 3.94. The van der Waals surface area contributed by atoms with Gasteiger partial charge in [0.15, 0.2) is 11.6 Å². The smallest absolute Gasteiger partial charge is 0.255 e. The maximum Gasteiger partial charge on any atom is 0.255 e. The molecule has 0 saturated carbocycles. The first-order chi connectivity index (χ1) is 8.50. The molecule has 1 fully saturated rings. The van der Waals surface area contributed by atoms with Gasteiger partial charge in [-0.1, -0.05) is 0 Å². The Morgan fingerprint density at radius 1 is 1.44 bits per heavy atom. The van der Waals surface area contributed by atoms with E-state index in [1.54, 1.807) is 4.90 Å². The van der Waals surface area contributed by atoms with E-state index < -0.39 is 11.6 Å². The minimum Gasteiger partial charge on any atom is -0.333 e. The van der Waals surface area contributed by atoms with E-state index in [1.807, 2.05) is 29.5 Å². The van der Waals surface area contributed by atoms with Gasteiger partial charge in [0.1, 0.15) is 0 Å². The molecule has 1 aromatic carbocycles. The Hall–Kier alpha value is -0.760. The highest BCUT2D eigenvalue weighted by Gasteiger charge is 2.26. The van der Waals surface area contributed by atoms with Crippen LogP contribution in [0, 0.1) is 15.2 Å². The standard InChI is InChI=1S/C12H13F2IN2O/c1-7-6-16-2-3-17(7)12(18)8-4-9(13)10(14)5-11(8)15/h4-5,7,16H,2-3,6H2,1H3/t7-/m0/s1. The van der Waals surface area contributed by atoms with E-state index in [4.69, 9.17) is 0 Å². The fourth-order valence-corrected chi connectivity index (χ4v) is 2.64. The molecule has 0 unspecified atom stereocenters. The van der Waals surface area contributed by atoms with Crippen LogP contribution in [0.1, 0.15) is 17.3 Å². The van der Waals surface area contributed by atoms with E-state index >= 15 is 0 Å². The third-order valence-electron chi connectivity index (χ3n) is 3.00. The minimum atomic E-state index is -0.985. The molecule has 3 nitrogen and oxygen atoms in total. The monoisotopic (exact) mass is 366 g/mol. The number of halogens is 3. The first-order valence-corrected chi connectivity index (χ1v) is 6.75. The summed E-state index contributed by atoms with van der Waals surface area (Å²) in [5, 5.41) is 3.18. The average molecular weight is 366 g/mol. The number of piperazine rings is 1. The number of nitrogens with zero attached hydrogens (tertiary/aromatic N) is 1. The van der Waals surface area contributed by atoms with Gasteiger partial charge < -0.3 is 10.2 Å². The van der Waals surface area contributed by atoms with Crippen molar-refractivity contribution in [2.45, 2.75) is 13.0 Å². The van der Waals surface area contributed by atoms with E-state index in [-0.39, 0.29) is 17.5 Å². The largest absolute Gasteiger partial charge is 0.333 e. The summed E-state index contributed by atoms with van der Waals surface area (Å²) in [5.74, 6) is -2.15. The van der Waals surface area contributed by atoms with Crippen LogP contribution in [0.3, 0.4) is 0 Å². The highest BCUT2D eigenvalue weighted by Crippen LogP contribution is 2.20. The van der Waals surface area contributed by atoms with Crippen LogP contribution >= 0.6 is 22.6 Å². The molecule has 98 valence electrons. The van der Waals surface area contributed by atoms with Crippen molar-refractivity contribution < 1.29 is 13.6 Å². The number of hydrogen-bond acceptors (Lipinski definition) is 2. The summed E-state index contributed by atoms with van der Waals surface area (Å²) in [6, 6.07) is 2.08. The zero-order chi connectivity index (χ0) is 13.3. The summed E-state index contributed by atoms with van der Waals surface area (Å²) in [5.41, 5.74) is 0.225. The summed E-state index contributed by atoms with van der Waals surface area (Å²) in [6.07, 6.45) is 0. The molecular formula is C12H13F2IN2O. The van der Waals surface area contributed by atoms with Crippen LogP contribution in [0.25, 0.3) is 0 Å². The van der Waals surface area contributed by atoms with Gasteiger partial charge in [0.25, 0.3) is 5.91 Å². The van der Waals surface area contributed by atoms with E-state index in [2.05, 4.69) is 5.32 Å². The normalized spacial score (nSPS) is 20.0. The summed E-state index contributed by atoms with van der Waals surface area (Å²) < 4.78 is 26.7. The number of carbonyl (C=O) groups excluding carboxylic acids is 1. The van der Waals surface area contributed by atoms with Gasteiger partial charge in [-0.05, 0) is 41.6 Å². The molecule has 1 saturated heterocycles. The SMILES string of the molecule is C[C@H]1CNCCN1C(=O)c1cc(F)c(F)cc1I. The van der Waals surface area contributed by atoms with Crippen LogP contribution in [0.5, 0.6) is 0 Å². The Labute approximate surface area is 118 Å². The molecule has 1 aromatic rings. The summed E-state index contributed by atoms with van der Waals surface area (Å²) >= 11 is 1.85. The van der Waals surface area contributed by atoms with Crippen molar-refractivity contribution in [3.63, 3.8) is 0 Å². The van der Waals surface area contributed by atoms with Gasteiger partial charge in [-0.2, -0.15) is 0 Å². The van der Waals surface area contributed by atoms with Crippen molar-refractivity contribution >= 4 is 28.5 Å². The average Bonchev–Trinajstić information content (AvgIpc) is 2.33. The van der Waals surface area contributed by atoms with Gasteiger partial charge in [0.2, 0.25) is 0 Å². The Balaban J connectivity index is 2.30. The van der Waals surface area contributed by atoms with Gasteiger partial charge in [-0.3, -0.25) is 4.79 Å². The number of nitrogens with one attached hydrogen (secondary N) is 1. The van der Waals surface area contributed by atoms with Crippen LogP contribution in [0.4, 0.5) is 8.78 Å². The van der Waals surface area contributed by atoms with Crippen molar-refractivity contribution in [2.75, 3.05) is 19.6 Å². The van der Waals surface area contributed by atoms with Gasteiger partial charge in [0.05, 0.1) is 5.56 Å². The van der Waals surface area contributed by atoms with Gasteiger partial charge in [-0.15, -0.1) is 0 Å². The Bertz CT molecular complexity index is 481. The van der Waals surface area contributed by atoms with E-state index in [1.165, 1.54) is 0 Å². The van der Waals surface area contributed by atoms with E-state index in [0.29, 0.717) is 16.7 Å². The lowest BCUT2D eigenvalue weighted by molar-refractivity contribution is 0.0654. The lowest BCUT2D eigenvalue weighted by Gasteiger charge is -2.34. The zero-order valence-electron chi connectivity index (χ0n) is 9.84. The molecule has 1 heterocycles. The highest BCUT2D eigenvalue weighted by molar-refractivity contribution is 14.1. The lowest BCUT2D eigenvalue weighted by Crippen LogP contribution is -2.52. The Kier molecular flexibility index (Phi) is 4.16. The molecule has 1 aliphatic rings. The summed E-state index contributed by atoms with van der Waals surface area (Å²) in [7, 11) is 0. The molecule has 2 rings (SSSR count). The van der Waals surface area contributed by atoms with Crippen LogP contribution in [0.2, 0.25) is 0 Å². The van der Waals surface area contributed by atoms with Gasteiger partial charge in [0, 0.05) is 29.2 Å². The minimum absolute atomic E-state index is 0.0511. The number of carbonyl (C=O) groups is 1. The van der Waals surface area contributed by atoms with Crippen molar-refractivity contribution in [3.05, 3.63) is 32.9 Å². The first-order valence-electron chi connectivity index (χ1n) is 5.67. The lowest BCUT2D eigenvalue weighted by atomic mass is 10.1. The second kappa shape index (κ2) is 5.48. The molecule has 6 heteroatoms. The summed E-state index contributed by atoms with van der Waals surface area (Å²) in [4.78, 5) is 14.0. The number of benzene rings is 1.